The van der Waals surface area contributed by atoms with Crippen LogP contribution in [0.25, 0.3) is 6.08 Å². The second kappa shape index (κ2) is 17.7. The maximum Gasteiger partial charge on any atom is 0.338 e. The molecule has 1 aromatic rings. The molecule has 6 aliphatic rings. The van der Waals surface area contributed by atoms with Gasteiger partial charge in [-0.15, -0.1) is 0 Å². The van der Waals surface area contributed by atoms with E-state index in [0.29, 0.717) is 53.9 Å². The quantitative estimate of drug-likeness (QED) is 0.104. The molecule has 3 aliphatic heterocycles. The number of carbonyl (C=O) groups excluding carboxylic acids is 3. The lowest BCUT2D eigenvalue weighted by Gasteiger charge is -2.53. The summed E-state index contributed by atoms with van der Waals surface area (Å²) in [5.74, 6) is -0.613. The maximum atomic E-state index is 14.3. The number of benzene rings is 1. The van der Waals surface area contributed by atoms with Gasteiger partial charge in [-0.2, -0.15) is 0 Å². The number of hydrogen-bond acceptors (Lipinski definition) is 8. The number of carbonyl (C=O) groups is 3. The molecule has 5 fully saturated rings. The highest BCUT2D eigenvalue weighted by atomic mass is 16.8. The summed E-state index contributed by atoms with van der Waals surface area (Å²) in [6, 6.07) is 7.12. The Labute approximate surface area is 340 Å². The van der Waals surface area contributed by atoms with E-state index in [2.05, 4.69) is 52.1 Å². The van der Waals surface area contributed by atoms with Gasteiger partial charge in [0.15, 0.2) is 5.79 Å². The fraction of sp³-hybridized carbons (Fsp3) is 0.723. The van der Waals surface area contributed by atoms with Crippen molar-refractivity contribution in [3.8, 4) is 0 Å². The van der Waals surface area contributed by atoms with Gasteiger partial charge < -0.3 is 34.3 Å². The van der Waals surface area contributed by atoms with E-state index in [0.717, 1.165) is 76.2 Å². The molecule has 3 saturated heterocycles. The second-order valence-corrected chi connectivity index (χ2v) is 18.7. The highest BCUT2D eigenvalue weighted by molar-refractivity contribution is 5.98. The van der Waals surface area contributed by atoms with Gasteiger partial charge in [-0.1, -0.05) is 77.2 Å². The first-order valence-electron chi connectivity index (χ1n) is 22.3. The largest absolute Gasteiger partial charge is 0.456 e. The monoisotopic (exact) mass is 788 g/mol. The molecule has 57 heavy (non-hydrogen) atoms. The number of allylic oxidation sites excluding steroid dienone is 1. The molecule has 0 spiro atoms. The first kappa shape index (κ1) is 42.1. The summed E-state index contributed by atoms with van der Waals surface area (Å²) in [4.78, 5) is 43.1. The van der Waals surface area contributed by atoms with Crippen molar-refractivity contribution in [1.82, 2.24) is 10.2 Å². The summed E-state index contributed by atoms with van der Waals surface area (Å²) in [7, 11) is 0. The first-order chi connectivity index (χ1) is 27.4. The van der Waals surface area contributed by atoms with Crippen molar-refractivity contribution in [3.63, 3.8) is 0 Å². The predicted molar refractivity (Wildman–Crippen MR) is 219 cm³/mol. The molecule has 10 heteroatoms. The summed E-state index contributed by atoms with van der Waals surface area (Å²) in [6.45, 7) is 11.9. The van der Waals surface area contributed by atoms with Crippen LogP contribution in [0.3, 0.4) is 0 Å². The summed E-state index contributed by atoms with van der Waals surface area (Å²) < 4.78 is 26.3. The summed E-state index contributed by atoms with van der Waals surface area (Å²) in [5.41, 5.74) is 3.72. The van der Waals surface area contributed by atoms with Crippen LogP contribution in [0.1, 0.15) is 153 Å². The number of epoxide rings is 1. The van der Waals surface area contributed by atoms with Crippen LogP contribution in [0, 0.1) is 17.3 Å². The minimum absolute atomic E-state index is 0.0248. The molecule has 1 aromatic carbocycles. The van der Waals surface area contributed by atoms with Crippen LogP contribution in [0.2, 0.25) is 0 Å². The van der Waals surface area contributed by atoms with Gasteiger partial charge in [0.1, 0.15) is 24.4 Å². The van der Waals surface area contributed by atoms with Crippen molar-refractivity contribution in [2.24, 2.45) is 17.3 Å². The second-order valence-electron chi connectivity index (χ2n) is 18.7. The average molecular weight is 789 g/mol. The number of nitrogens with one attached hydrogen (secondary N) is 1. The fourth-order valence-electron chi connectivity index (χ4n) is 10.7. The first-order valence-corrected chi connectivity index (χ1v) is 22.3. The van der Waals surface area contributed by atoms with E-state index >= 15 is 0 Å². The zero-order valence-corrected chi connectivity index (χ0v) is 35.2. The molecule has 3 aliphatic carbocycles. The van der Waals surface area contributed by atoms with Crippen LogP contribution in [0.4, 0.5) is 0 Å². The SMILES string of the molecule is CCCCCC1(CCCCC)O[C@@H]2[C@@H](C=C(C(=O)N3CCC[C@@H]3C(=O)NCCO)C[C@H]2OC(=O)c2cccc(C=C3CCC4O[C@]4(C)CC[C@@H]4[C@@H]3CC4(C)C)c2)O1. The molecule has 0 aromatic heterocycles. The molecular formula is C47H68N2O8. The molecule has 2 N–H and O–H groups in total. The zero-order valence-electron chi connectivity index (χ0n) is 35.2. The summed E-state index contributed by atoms with van der Waals surface area (Å²) >= 11 is 0. The van der Waals surface area contributed by atoms with Gasteiger partial charge in [0.05, 0.1) is 23.9 Å². The number of fused-ring (bicyclic) bond motifs is 3. The lowest BCUT2D eigenvalue weighted by atomic mass is 9.52. The fourth-order valence-corrected chi connectivity index (χ4v) is 10.7. The molecule has 0 radical (unpaired) electrons. The highest BCUT2D eigenvalue weighted by Crippen LogP contribution is 2.60. The number of aliphatic hydroxyl groups excluding tert-OH is 1. The van der Waals surface area contributed by atoms with Crippen LogP contribution < -0.4 is 5.32 Å². The Balaban J connectivity index is 1.13. The van der Waals surface area contributed by atoms with E-state index in [1.165, 1.54) is 18.4 Å². The maximum absolute atomic E-state index is 14.3. The van der Waals surface area contributed by atoms with E-state index in [4.69, 9.17) is 18.9 Å². The predicted octanol–water partition coefficient (Wildman–Crippen LogP) is 8.06. The Kier molecular flexibility index (Phi) is 13.0. The normalized spacial score (nSPS) is 33.1. The van der Waals surface area contributed by atoms with Crippen LogP contribution in [-0.4, -0.2) is 89.3 Å². The van der Waals surface area contributed by atoms with E-state index in [1.807, 2.05) is 18.2 Å². The van der Waals surface area contributed by atoms with Crippen molar-refractivity contribution < 1.29 is 38.4 Å². The molecule has 1 unspecified atom stereocenters. The van der Waals surface area contributed by atoms with Gasteiger partial charge in [-0.25, -0.2) is 4.79 Å². The van der Waals surface area contributed by atoms with Gasteiger partial charge in [-0.05, 0) is 106 Å². The van der Waals surface area contributed by atoms with Crippen molar-refractivity contribution in [2.45, 2.75) is 179 Å². The third kappa shape index (κ3) is 9.24. The lowest BCUT2D eigenvalue weighted by molar-refractivity contribution is -0.190. The molecule has 314 valence electrons. The van der Waals surface area contributed by atoms with E-state index in [9.17, 15) is 19.5 Å². The van der Waals surface area contributed by atoms with Crippen LogP contribution >= 0.6 is 0 Å². The molecule has 7 rings (SSSR count). The zero-order chi connectivity index (χ0) is 40.4. The van der Waals surface area contributed by atoms with E-state index in [1.54, 1.807) is 11.0 Å². The van der Waals surface area contributed by atoms with Crippen LogP contribution in [0.15, 0.2) is 41.5 Å². The standard InChI is InChI=1S/C47H68N2O8/c1-6-8-10-20-47(21-11-9-7-2)55-39-29-34(43(52)49-24-13-16-37(49)42(51)48-23-25-50)28-38(41(39)57-47)54-44(53)33-15-12-14-31(27-33)26-32-17-18-40-46(5,56-40)22-19-36-35(32)30-45(36,3)4/h12,14-15,26-27,29,35-41,50H,6-11,13,16-25,28,30H2,1-5H3,(H,48,51)/t35-,36-,37-,38-,39-,40?,41+,46-/m1/s1. The Morgan fingerprint density at radius 3 is 2.49 bits per heavy atom. The molecule has 2 amide bonds. The minimum atomic E-state index is -0.820. The van der Waals surface area contributed by atoms with Crippen molar-refractivity contribution in [3.05, 3.63) is 52.6 Å². The number of amides is 2. The molecule has 0 bridgehead atoms. The van der Waals surface area contributed by atoms with Gasteiger partial charge >= 0.3 is 5.97 Å². The van der Waals surface area contributed by atoms with E-state index < -0.39 is 36.1 Å². The summed E-state index contributed by atoms with van der Waals surface area (Å²) in [5, 5.41) is 12.0. The lowest BCUT2D eigenvalue weighted by Crippen LogP contribution is -2.49. The Bertz CT molecular complexity index is 1680. The molecule has 2 saturated carbocycles. The van der Waals surface area contributed by atoms with Gasteiger partial charge in [0.2, 0.25) is 11.8 Å². The average Bonchev–Trinajstić information content (AvgIpc) is 3.48. The third-order valence-corrected chi connectivity index (χ3v) is 14.1. The number of ether oxygens (including phenoxy) is 4. The number of likely N-dealkylation sites (tertiary alicyclic amines) is 1. The number of hydrogen-bond donors (Lipinski definition) is 2. The van der Waals surface area contributed by atoms with Crippen molar-refractivity contribution in [2.75, 3.05) is 19.7 Å². The van der Waals surface area contributed by atoms with Crippen molar-refractivity contribution in [1.29, 1.82) is 0 Å². The Morgan fingerprint density at radius 2 is 1.77 bits per heavy atom. The van der Waals surface area contributed by atoms with Gasteiger partial charge in [-0.3, -0.25) is 9.59 Å². The van der Waals surface area contributed by atoms with Gasteiger partial charge in [0, 0.05) is 37.9 Å². The number of rotatable bonds is 15. The topological polar surface area (TPSA) is 127 Å². The third-order valence-electron chi connectivity index (χ3n) is 14.1. The molecule has 3 heterocycles. The number of unbranched alkanes of at least 4 members (excludes halogenated alkanes) is 4. The number of esters is 1. The van der Waals surface area contributed by atoms with Crippen LogP contribution in [0.5, 0.6) is 0 Å². The summed E-state index contributed by atoms with van der Waals surface area (Å²) in [6.07, 6.45) is 17.2. The molecule has 10 nitrogen and oxygen atoms in total. The number of aliphatic hydroxyl groups is 1. The highest BCUT2D eigenvalue weighted by Gasteiger charge is 2.56. The number of nitrogens with zero attached hydrogens (tertiary/aromatic N) is 1. The van der Waals surface area contributed by atoms with Crippen LogP contribution in [-0.2, 0) is 28.5 Å². The minimum Gasteiger partial charge on any atom is -0.456 e. The van der Waals surface area contributed by atoms with E-state index in [-0.39, 0.29) is 37.0 Å². The van der Waals surface area contributed by atoms with Gasteiger partial charge in [0.25, 0.3) is 0 Å². The molecular weight excluding hydrogens is 721 g/mol. The Morgan fingerprint density at radius 1 is 1.00 bits per heavy atom. The Hall–Kier alpha value is -3.05. The molecule has 8 atom stereocenters. The van der Waals surface area contributed by atoms with Crippen molar-refractivity contribution >= 4 is 23.9 Å². The smallest absolute Gasteiger partial charge is 0.338 e.